The van der Waals surface area contributed by atoms with Gasteiger partial charge in [0.1, 0.15) is 16.8 Å². The summed E-state index contributed by atoms with van der Waals surface area (Å²) in [6, 6.07) is 10.1. The maximum Gasteiger partial charge on any atom is 0.244 e. The third-order valence-corrected chi connectivity index (χ3v) is 5.50. The molecule has 4 rings (SSSR count). The zero-order chi connectivity index (χ0) is 20.7. The Morgan fingerprint density at radius 3 is 2.66 bits per heavy atom. The number of rotatable bonds is 4. The van der Waals surface area contributed by atoms with Crippen LogP contribution in [0, 0.1) is 25.2 Å². The fraction of sp³-hybridized carbons (Fsp3) is 0.286. The number of nitriles is 1. The average Bonchev–Trinajstić information content (AvgIpc) is 3.22. The van der Waals surface area contributed by atoms with Crippen molar-refractivity contribution in [1.82, 2.24) is 20.0 Å². The first-order chi connectivity index (χ1) is 14.0. The molecule has 1 aliphatic rings. The molecule has 8 heteroatoms. The first kappa shape index (κ1) is 19.1. The Morgan fingerprint density at radius 1 is 1.28 bits per heavy atom. The van der Waals surface area contributed by atoms with Gasteiger partial charge in [0.05, 0.1) is 22.9 Å². The Kier molecular flexibility index (Phi) is 4.81. The number of aromatic nitrogens is 4. The summed E-state index contributed by atoms with van der Waals surface area (Å²) in [7, 11) is 0. The van der Waals surface area contributed by atoms with Crippen molar-refractivity contribution in [1.29, 1.82) is 5.26 Å². The van der Waals surface area contributed by atoms with E-state index < -0.39 is 5.92 Å². The van der Waals surface area contributed by atoms with Crippen LogP contribution < -0.4 is 10.5 Å². The van der Waals surface area contributed by atoms with Crippen molar-refractivity contribution < 1.29 is 4.74 Å². The van der Waals surface area contributed by atoms with Gasteiger partial charge in [0.15, 0.2) is 0 Å². The standard InChI is InChI=1S/C21H21ClN6O/c1-4-5-15-18-17(14(10-23)20(24)29-21(18)26-25-15)16-12(3)27-28(19(16)22)13-8-6-11(2)7-9-13/h6-9,17H,4-5,24H2,1-3H3,(H,25,26)/t17-/m0/s1. The number of hydrogen-bond acceptors (Lipinski definition) is 5. The molecule has 0 amide bonds. The van der Waals surface area contributed by atoms with Crippen molar-refractivity contribution in [2.45, 2.75) is 39.5 Å². The molecule has 3 aromatic rings. The van der Waals surface area contributed by atoms with Gasteiger partial charge in [-0.3, -0.25) is 5.10 Å². The number of fused-ring (bicyclic) bond motifs is 1. The Hall–Kier alpha value is -3.24. The first-order valence-electron chi connectivity index (χ1n) is 9.43. The minimum absolute atomic E-state index is 0.0399. The molecular weight excluding hydrogens is 388 g/mol. The molecule has 0 aliphatic carbocycles. The zero-order valence-electron chi connectivity index (χ0n) is 16.5. The van der Waals surface area contributed by atoms with Crippen molar-refractivity contribution in [3.8, 4) is 17.6 Å². The van der Waals surface area contributed by atoms with Crippen molar-refractivity contribution in [2.24, 2.45) is 5.73 Å². The van der Waals surface area contributed by atoms with Gasteiger partial charge in [-0.2, -0.15) is 10.4 Å². The molecule has 0 saturated carbocycles. The number of nitrogens with one attached hydrogen (secondary N) is 1. The van der Waals surface area contributed by atoms with E-state index in [0.717, 1.165) is 46.6 Å². The van der Waals surface area contributed by atoms with Crippen LogP contribution in [0.15, 0.2) is 35.7 Å². The van der Waals surface area contributed by atoms with E-state index in [4.69, 9.17) is 22.1 Å². The van der Waals surface area contributed by atoms with Crippen LogP contribution in [0.25, 0.3) is 5.69 Å². The number of benzene rings is 1. The fourth-order valence-electron chi connectivity index (χ4n) is 3.73. The van der Waals surface area contributed by atoms with Gasteiger partial charge >= 0.3 is 0 Å². The van der Waals surface area contributed by atoms with Crippen LogP contribution in [0.4, 0.5) is 0 Å². The highest BCUT2D eigenvalue weighted by molar-refractivity contribution is 6.30. The number of halogens is 1. The molecule has 0 saturated heterocycles. The van der Waals surface area contributed by atoms with Crippen LogP contribution in [-0.2, 0) is 6.42 Å². The molecule has 148 valence electrons. The molecule has 29 heavy (non-hydrogen) atoms. The van der Waals surface area contributed by atoms with E-state index in [2.05, 4.69) is 28.3 Å². The third-order valence-electron chi connectivity index (χ3n) is 5.13. The number of aryl methyl sites for hydroxylation is 3. The summed E-state index contributed by atoms with van der Waals surface area (Å²) in [6.07, 6.45) is 1.68. The number of aromatic amines is 1. The molecule has 0 fully saturated rings. The van der Waals surface area contributed by atoms with Gasteiger partial charge in [0, 0.05) is 11.3 Å². The first-order valence-corrected chi connectivity index (χ1v) is 9.80. The van der Waals surface area contributed by atoms with E-state index in [1.165, 1.54) is 0 Å². The normalized spacial score (nSPS) is 15.8. The molecule has 0 spiro atoms. The summed E-state index contributed by atoms with van der Waals surface area (Å²) in [6.45, 7) is 5.98. The van der Waals surface area contributed by atoms with Gasteiger partial charge in [-0.1, -0.05) is 42.6 Å². The summed E-state index contributed by atoms with van der Waals surface area (Å²) in [5, 5.41) is 22.2. The molecule has 3 N–H and O–H groups in total. The quantitative estimate of drug-likeness (QED) is 0.677. The van der Waals surface area contributed by atoms with E-state index in [1.54, 1.807) is 4.68 Å². The summed E-state index contributed by atoms with van der Waals surface area (Å²) in [5.74, 6) is -0.0673. The van der Waals surface area contributed by atoms with Gasteiger partial charge in [-0.05, 0) is 32.4 Å². The minimum Gasteiger partial charge on any atom is -0.420 e. The highest BCUT2D eigenvalue weighted by Gasteiger charge is 2.38. The van der Waals surface area contributed by atoms with Crippen LogP contribution in [0.3, 0.4) is 0 Å². The maximum atomic E-state index is 9.84. The average molecular weight is 409 g/mol. The lowest BCUT2D eigenvalue weighted by molar-refractivity contribution is 0.378. The van der Waals surface area contributed by atoms with Crippen molar-refractivity contribution in [3.63, 3.8) is 0 Å². The SMILES string of the molecule is CCCc1[nH]nc2c1[C@H](c1c(C)nn(-c3ccc(C)cc3)c1Cl)C(C#N)=C(N)O2. The molecule has 1 atom stereocenters. The van der Waals surface area contributed by atoms with E-state index in [0.29, 0.717) is 16.6 Å². The summed E-state index contributed by atoms with van der Waals surface area (Å²) < 4.78 is 7.31. The van der Waals surface area contributed by atoms with Crippen LogP contribution in [-0.4, -0.2) is 20.0 Å². The van der Waals surface area contributed by atoms with Crippen molar-refractivity contribution >= 4 is 11.6 Å². The number of H-pyrrole nitrogens is 1. The van der Waals surface area contributed by atoms with E-state index in [-0.39, 0.29) is 5.88 Å². The molecular formula is C21H21ClN6O. The lowest BCUT2D eigenvalue weighted by Crippen LogP contribution is -2.21. The highest BCUT2D eigenvalue weighted by Crippen LogP contribution is 2.46. The minimum atomic E-state index is -0.490. The topological polar surface area (TPSA) is 106 Å². The van der Waals surface area contributed by atoms with Crippen molar-refractivity contribution in [2.75, 3.05) is 0 Å². The van der Waals surface area contributed by atoms with Gasteiger partial charge < -0.3 is 10.5 Å². The molecule has 0 unspecified atom stereocenters. The van der Waals surface area contributed by atoms with Crippen LogP contribution >= 0.6 is 11.6 Å². The second kappa shape index (κ2) is 7.30. The molecule has 1 aliphatic heterocycles. The lowest BCUT2D eigenvalue weighted by Gasteiger charge is -2.24. The Bertz CT molecular complexity index is 1150. The molecule has 3 heterocycles. The number of nitrogens with zero attached hydrogens (tertiary/aromatic N) is 4. The Labute approximate surface area is 173 Å². The molecule has 7 nitrogen and oxygen atoms in total. The third kappa shape index (κ3) is 3.06. The van der Waals surface area contributed by atoms with Crippen molar-refractivity contribution in [3.05, 3.63) is 69.0 Å². The van der Waals surface area contributed by atoms with Crippen LogP contribution in [0.5, 0.6) is 5.88 Å². The smallest absolute Gasteiger partial charge is 0.244 e. The van der Waals surface area contributed by atoms with Gasteiger partial charge in [0.25, 0.3) is 0 Å². The predicted molar refractivity (Wildman–Crippen MR) is 110 cm³/mol. The van der Waals surface area contributed by atoms with Crippen LogP contribution in [0.2, 0.25) is 5.15 Å². The Morgan fingerprint density at radius 2 is 2.00 bits per heavy atom. The maximum absolute atomic E-state index is 9.84. The second-order valence-electron chi connectivity index (χ2n) is 7.13. The monoisotopic (exact) mass is 408 g/mol. The number of allylic oxidation sites excluding steroid dienone is 1. The number of nitrogens with two attached hydrogens (primary N) is 1. The van der Waals surface area contributed by atoms with Crippen LogP contribution in [0.1, 0.15) is 47.3 Å². The van der Waals surface area contributed by atoms with E-state index in [9.17, 15) is 5.26 Å². The Balaban J connectivity index is 1.93. The van der Waals surface area contributed by atoms with E-state index in [1.807, 2.05) is 38.1 Å². The van der Waals surface area contributed by atoms with Gasteiger partial charge in [0.2, 0.25) is 11.8 Å². The summed E-state index contributed by atoms with van der Waals surface area (Å²) in [5.41, 5.74) is 11.5. The lowest BCUT2D eigenvalue weighted by atomic mass is 9.83. The summed E-state index contributed by atoms with van der Waals surface area (Å²) >= 11 is 6.83. The summed E-state index contributed by atoms with van der Waals surface area (Å²) in [4.78, 5) is 0. The molecule has 1 aromatic carbocycles. The highest BCUT2D eigenvalue weighted by atomic mass is 35.5. The molecule has 0 bridgehead atoms. The second-order valence-corrected chi connectivity index (χ2v) is 7.49. The fourth-order valence-corrected chi connectivity index (χ4v) is 4.12. The molecule has 0 radical (unpaired) electrons. The predicted octanol–water partition coefficient (Wildman–Crippen LogP) is 4.04. The number of hydrogen-bond donors (Lipinski definition) is 2. The van der Waals surface area contributed by atoms with Gasteiger partial charge in [-0.25, -0.2) is 4.68 Å². The van der Waals surface area contributed by atoms with Gasteiger partial charge in [-0.15, -0.1) is 5.10 Å². The number of ether oxygens (including phenoxy) is 1. The molecule has 2 aromatic heterocycles. The zero-order valence-corrected chi connectivity index (χ0v) is 17.2. The van der Waals surface area contributed by atoms with E-state index >= 15 is 0 Å². The largest absolute Gasteiger partial charge is 0.420 e.